The van der Waals surface area contributed by atoms with E-state index in [-0.39, 0.29) is 6.79 Å². The molecule has 7 nitrogen and oxygen atoms in total. The first-order valence-electron chi connectivity index (χ1n) is 7.87. The summed E-state index contributed by atoms with van der Waals surface area (Å²) in [6.07, 6.45) is 1.63. The summed E-state index contributed by atoms with van der Waals surface area (Å²) in [7, 11) is 3.20. The quantitative estimate of drug-likeness (QED) is 0.458. The third-order valence-electron chi connectivity index (χ3n) is 3.70. The van der Waals surface area contributed by atoms with E-state index < -0.39 is 0 Å². The van der Waals surface area contributed by atoms with Crippen molar-refractivity contribution in [3.8, 4) is 23.0 Å². The molecule has 8 heteroatoms. The minimum Gasteiger partial charge on any atom is -0.497 e. The van der Waals surface area contributed by atoms with Gasteiger partial charge in [-0.15, -0.1) is 0 Å². The highest BCUT2D eigenvalue weighted by Gasteiger charge is 2.13. The largest absolute Gasteiger partial charge is 0.497 e. The van der Waals surface area contributed by atoms with E-state index in [1.807, 2.05) is 30.3 Å². The van der Waals surface area contributed by atoms with E-state index in [0.717, 1.165) is 22.6 Å². The van der Waals surface area contributed by atoms with E-state index in [4.69, 9.17) is 31.2 Å². The molecule has 26 heavy (non-hydrogen) atoms. The van der Waals surface area contributed by atoms with Crippen molar-refractivity contribution < 1.29 is 18.9 Å². The molecular formula is C18H19N3O4S. The van der Waals surface area contributed by atoms with Gasteiger partial charge in [0.15, 0.2) is 16.6 Å². The number of ether oxygens (including phenoxy) is 4. The van der Waals surface area contributed by atoms with Gasteiger partial charge in [0, 0.05) is 18.2 Å². The number of nitrogens with zero attached hydrogens (tertiary/aromatic N) is 1. The van der Waals surface area contributed by atoms with Crippen LogP contribution in [0.4, 0.5) is 0 Å². The Kier molecular flexibility index (Phi) is 5.75. The molecule has 0 saturated carbocycles. The van der Waals surface area contributed by atoms with Crippen molar-refractivity contribution >= 4 is 23.5 Å². The van der Waals surface area contributed by atoms with Gasteiger partial charge in [-0.25, -0.2) is 0 Å². The van der Waals surface area contributed by atoms with Crippen LogP contribution in [0.25, 0.3) is 0 Å². The smallest absolute Gasteiger partial charge is 0.231 e. The van der Waals surface area contributed by atoms with Gasteiger partial charge < -0.3 is 24.3 Å². The highest BCUT2D eigenvalue weighted by molar-refractivity contribution is 7.80. The minimum absolute atomic E-state index is 0.260. The number of fused-ring (bicyclic) bond motifs is 1. The van der Waals surface area contributed by atoms with Crippen molar-refractivity contribution in [2.75, 3.05) is 21.0 Å². The molecule has 0 aromatic heterocycles. The van der Waals surface area contributed by atoms with Gasteiger partial charge in [0.25, 0.3) is 0 Å². The predicted octanol–water partition coefficient (Wildman–Crippen LogP) is 2.43. The lowest BCUT2D eigenvalue weighted by atomic mass is 10.2. The summed E-state index contributed by atoms with van der Waals surface area (Å²) in [6, 6.07) is 11.2. The summed E-state index contributed by atoms with van der Waals surface area (Å²) in [5.74, 6) is 2.88. The lowest BCUT2D eigenvalue weighted by molar-refractivity contribution is 0.174. The predicted molar refractivity (Wildman–Crippen MR) is 102 cm³/mol. The van der Waals surface area contributed by atoms with Crippen LogP contribution >= 0.6 is 12.2 Å². The molecule has 3 rings (SSSR count). The molecule has 2 aromatic rings. The van der Waals surface area contributed by atoms with Crippen molar-refractivity contribution in [2.45, 2.75) is 6.54 Å². The highest BCUT2D eigenvalue weighted by atomic mass is 32.1. The van der Waals surface area contributed by atoms with E-state index in [2.05, 4.69) is 15.8 Å². The Balaban J connectivity index is 1.52. The second-order valence-corrected chi connectivity index (χ2v) is 5.76. The molecule has 0 amide bonds. The number of hydrogen-bond acceptors (Lipinski definition) is 6. The second kappa shape index (κ2) is 8.39. The first-order chi connectivity index (χ1) is 12.7. The number of nitrogens with one attached hydrogen (secondary N) is 2. The van der Waals surface area contributed by atoms with Crippen LogP contribution in [0.5, 0.6) is 23.0 Å². The summed E-state index contributed by atoms with van der Waals surface area (Å²) in [4.78, 5) is 0. The molecule has 0 unspecified atom stereocenters. The number of methoxy groups -OCH3 is 2. The van der Waals surface area contributed by atoms with Crippen molar-refractivity contribution in [3.63, 3.8) is 0 Å². The fraction of sp³-hybridized carbons (Fsp3) is 0.222. The summed E-state index contributed by atoms with van der Waals surface area (Å²) in [6.45, 7) is 0.805. The van der Waals surface area contributed by atoms with E-state index in [1.54, 1.807) is 26.5 Å². The zero-order valence-electron chi connectivity index (χ0n) is 14.4. The Labute approximate surface area is 156 Å². The van der Waals surface area contributed by atoms with Gasteiger partial charge in [0.1, 0.15) is 11.5 Å². The first kappa shape index (κ1) is 17.8. The van der Waals surface area contributed by atoms with Gasteiger partial charge in [-0.05, 0) is 42.0 Å². The van der Waals surface area contributed by atoms with E-state index in [9.17, 15) is 0 Å². The molecule has 0 radical (unpaired) electrons. The van der Waals surface area contributed by atoms with Gasteiger partial charge in [0.05, 0.1) is 20.4 Å². The van der Waals surface area contributed by atoms with Crippen LogP contribution < -0.4 is 29.7 Å². The fourth-order valence-corrected chi connectivity index (χ4v) is 2.48. The van der Waals surface area contributed by atoms with Crippen molar-refractivity contribution in [1.82, 2.24) is 10.7 Å². The van der Waals surface area contributed by atoms with E-state index in [1.165, 1.54) is 0 Å². The molecule has 0 atom stereocenters. The van der Waals surface area contributed by atoms with Crippen molar-refractivity contribution in [2.24, 2.45) is 5.10 Å². The van der Waals surface area contributed by atoms with Crippen LogP contribution in [-0.4, -0.2) is 32.3 Å². The summed E-state index contributed by atoms with van der Waals surface area (Å²) >= 11 is 5.23. The molecule has 0 aliphatic carbocycles. The molecule has 136 valence electrons. The summed E-state index contributed by atoms with van der Waals surface area (Å²) < 4.78 is 21.1. The van der Waals surface area contributed by atoms with Crippen LogP contribution in [0.2, 0.25) is 0 Å². The average molecular weight is 373 g/mol. The zero-order valence-corrected chi connectivity index (χ0v) is 15.3. The SMILES string of the molecule is COc1ccc(/C=N\NC(=S)NCc2ccc3c(c2)OCO3)c(OC)c1. The lowest BCUT2D eigenvalue weighted by Gasteiger charge is -2.09. The number of hydrazone groups is 1. The number of hydrogen-bond donors (Lipinski definition) is 2. The first-order valence-corrected chi connectivity index (χ1v) is 8.28. The molecule has 2 N–H and O–H groups in total. The monoisotopic (exact) mass is 373 g/mol. The second-order valence-electron chi connectivity index (χ2n) is 5.35. The third-order valence-corrected chi connectivity index (χ3v) is 3.94. The van der Waals surface area contributed by atoms with Crippen LogP contribution in [0, 0.1) is 0 Å². The minimum atomic E-state index is 0.260. The van der Waals surface area contributed by atoms with Crippen LogP contribution in [0.1, 0.15) is 11.1 Å². The molecular weight excluding hydrogens is 354 g/mol. The van der Waals surface area contributed by atoms with Crippen molar-refractivity contribution in [1.29, 1.82) is 0 Å². The fourth-order valence-electron chi connectivity index (χ4n) is 2.36. The molecule has 0 spiro atoms. The maximum atomic E-state index is 5.36. The number of rotatable bonds is 6. The molecule has 0 fully saturated rings. The zero-order chi connectivity index (χ0) is 18.4. The highest BCUT2D eigenvalue weighted by Crippen LogP contribution is 2.32. The Morgan fingerprint density at radius 2 is 2.00 bits per heavy atom. The Bertz CT molecular complexity index is 826. The maximum Gasteiger partial charge on any atom is 0.231 e. The maximum absolute atomic E-state index is 5.36. The van der Waals surface area contributed by atoms with Crippen LogP contribution in [0.3, 0.4) is 0 Å². The molecule has 1 aliphatic heterocycles. The third kappa shape index (κ3) is 4.34. The normalized spacial score (nSPS) is 12.1. The number of benzene rings is 2. The number of thiocarbonyl (C=S) groups is 1. The van der Waals surface area contributed by atoms with Gasteiger partial charge in [-0.1, -0.05) is 6.07 Å². The Hall–Kier alpha value is -3.00. The van der Waals surface area contributed by atoms with Gasteiger partial charge in [0.2, 0.25) is 6.79 Å². The molecule has 1 heterocycles. The standard InChI is InChI=1S/C18H19N3O4S/c1-22-14-5-4-13(16(8-14)23-2)10-20-21-18(26)19-9-12-3-6-15-17(7-12)25-11-24-15/h3-8,10H,9,11H2,1-2H3,(H2,19,21,26)/b20-10-. The van der Waals surface area contributed by atoms with E-state index in [0.29, 0.717) is 23.2 Å². The topological polar surface area (TPSA) is 73.3 Å². The Morgan fingerprint density at radius 1 is 1.15 bits per heavy atom. The molecule has 0 saturated heterocycles. The summed E-state index contributed by atoms with van der Waals surface area (Å²) in [5, 5.41) is 7.62. The molecule has 2 aromatic carbocycles. The Morgan fingerprint density at radius 3 is 2.81 bits per heavy atom. The van der Waals surface area contributed by atoms with Crippen LogP contribution in [-0.2, 0) is 6.54 Å². The van der Waals surface area contributed by atoms with Crippen molar-refractivity contribution in [3.05, 3.63) is 47.5 Å². The average Bonchev–Trinajstić information content (AvgIpc) is 3.14. The molecule has 1 aliphatic rings. The summed E-state index contributed by atoms with van der Waals surface area (Å²) in [5.41, 5.74) is 4.61. The van der Waals surface area contributed by atoms with Gasteiger partial charge >= 0.3 is 0 Å². The van der Waals surface area contributed by atoms with E-state index >= 15 is 0 Å². The van der Waals surface area contributed by atoms with Gasteiger partial charge in [-0.3, -0.25) is 5.43 Å². The van der Waals surface area contributed by atoms with Gasteiger partial charge in [-0.2, -0.15) is 5.10 Å². The molecule has 0 bridgehead atoms. The lowest BCUT2D eigenvalue weighted by Crippen LogP contribution is -2.31. The van der Waals surface area contributed by atoms with Crippen LogP contribution in [0.15, 0.2) is 41.5 Å².